The SMILES string of the molecule is C=C(C)C(=O)NC1CCN(C(=O)c2cccc(OC(C)=O)c2)CC1. The van der Waals surface area contributed by atoms with Gasteiger partial charge in [0.15, 0.2) is 0 Å². The minimum absolute atomic E-state index is 0.0608. The number of carbonyl (C=O) groups is 3. The Morgan fingerprint density at radius 3 is 2.46 bits per heavy atom. The van der Waals surface area contributed by atoms with E-state index in [1.807, 2.05) is 0 Å². The van der Waals surface area contributed by atoms with Crippen LogP contribution in [0.15, 0.2) is 36.4 Å². The van der Waals surface area contributed by atoms with Gasteiger partial charge in [0.1, 0.15) is 5.75 Å². The predicted molar refractivity (Wildman–Crippen MR) is 89.6 cm³/mol. The zero-order valence-corrected chi connectivity index (χ0v) is 14.0. The molecule has 1 aromatic rings. The highest BCUT2D eigenvalue weighted by Gasteiger charge is 2.24. The zero-order chi connectivity index (χ0) is 17.7. The van der Waals surface area contributed by atoms with Crippen LogP contribution in [0.3, 0.4) is 0 Å². The van der Waals surface area contributed by atoms with Crippen molar-refractivity contribution in [3.63, 3.8) is 0 Å². The van der Waals surface area contributed by atoms with Gasteiger partial charge >= 0.3 is 5.97 Å². The molecule has 6 heteroatoms. The van der Waals surface area contributed by atoms with Crippen molar-refractivity contribution in [3.05, 3.63) is 42.0 Å². The molecule has 1 N–H and O–H groups in total. The highest BCUT2D eigenvalue weighted by atomic mass is 16.5. The van der Waals surface area contributed by atoms with E-state index in [2.05, 4.69) is 11.9 Å². The van der Waals surface area contributed by atoms with Crippen molar-refractivity contribution in [1.82, 2.24) is 10.2 Å². The van der Waals surface area contributed by atoms with E-state index in [1.165, 1.54) is 6.92 Å². The summed E-state index contributed by atoms with van der Waals surface area (Å²) >= 11 is 0. The predicted octanol–water partition coefficient (Wildman–Crippen LogP) is 1.91. The molecule has 24 heavy (non-hydrogen) atoms. The minimum Gasteiger partial charge on any atom is -0.427 e. The monoisotopic (exact) mass is 330 g/mol. The molecule has 1 saturated heterocycles. The van der Waals surface area contributed by atoms with Crippen LogP contribution in [0.2, 0.25) is 0 Å². The molecule has 1 aliphatic rings. The number of benzene rings is 1. The maximum atomic E-state index is 12.6. The molecule has 0 unspecified atom stereocenters. The van der Waals surface area contributed by atoms with Crippen molar-refractivity contribution in [2.45, 2.75) is 32.7 Å². The largest absolute Gasteiger partial charge is 0.427 e. The summed E-state index contributed by atoms with van der Waals surface area (Å²) in [5, 5.41) is 2.91. The Hall–Kier alpha value is -2.63. The Labute approximate surface area is 141 Å². The first-order chi connectivity index (χ1) is 11.4. The Kier molecular flexibility index (Phi) is 5.73. The van der Waals surface area contributed by atoms with Gasteiger partial charge in [-0.3, -0.25) is 14.4 Å². The molecule has 1 aromatic carbocycles. The molecule has 1 aliphatic heterocycles. The topological polar surface area (TPSA) is 75.7 Å². The summed E-state index contributed by atoms with van der Waals surface area (Å²) in [6.07, 6.45) is 1.41. The van der Waals surface area contributed by atoms with E-state index >= 15 is 0 Å². The summed E-state index contributed by atoms with van der Waals surface area (Å²) in [7, 11) is 0. The van der Waals surface area contributed by atoms with Gasteiger partial charge in [-0.1, -0.05) is 12.6 Å². The lowest BCUT2D eigenvalue weighted by Crippen LogP contribution is -2.46. The third kappa shape index (κ3) is 4.68. The minimum atomic E-state index is -0.423. The molecule has 6 nitrogen and oxygen atoms in total. The van der Waals surface area contributed by atoms with Gasteiger partial charge in [0.2, 0.25) is 5.91 Å². The van der Waals surface area contributed by atoms with Gasteiger partial charge in [0.05, 0.1) is 0 Å². The van der Waals surface area contributed by atoms with Crippen LogP contribution in [0.25, 0.3) is 0 Å². The van der Waals surface area contributed by atoms with Gasteiger partial charge in [-0.15, -0.1) is 0 Å². The maximum Gasteiger partial charge on any atom is 0.308 e. The van der Waals surface area contributed by atoms with E-state index in [0.29, 0.717) is 42.8 Å². The molecule has 2 amide bonds. The van der Waals surface area contributed by atoms with Gasteiger partial charge in [-0.2, -0.15) is 0 Å². The first-order valence-corrected chi connectivity index (χ1v) is 7.91. The Morgan fingerprint density at radius 1 is 1.21 bits per heavy atom. The average molecular weight is 330 g/mol. The summed E-state index contributed by atoms with van der Waals surface area (Å²) in [4.78, 5) is 37.0. The molecule has 128 valence electrons. The van der Waals surface area contributed by atoms with Crippen LogP contribution in [0, 0.1) is 0 Å². The van der Waals surface area contributed by atoms with E-state index in [9.17, 15) is 14.4 Å². The van der Waals surface area contributed by atoms with Crippen LogP contribution in [0.1, 0.15) is 37.0 Å². The molecule has 2 rings (SSSR count). The number of esters is 1. The fourth-order valence-corrected chi connectivity index (χ4v) is 2.58. The number of hydrogen-bond donors (Lipinski definition) is 1. The van der Waals surface area contributed by atoms with E-state index in [-0.39, 0.29) is 17.9 Å². The Bertz CT molecular complexity index is 661. The molecule has 0 bridgehead atoms. The van der Waals surface area contributed by atoms with E-state index in [1.54, 1.807) is 36.1 Å². The average Bonchev–Trinajstić information content (AvgIpc) is 2.54. The highest BCUT2D eigenvalue weighted by Crippen LogP contribution is 2.18. The van der Waals surface area contributed by atoms with Gasteiger partial charge < -0.3 is 15.0 Å². The number of likely N-dealkylation sites (tertiary alicyclic amines) is 1. The van der Waals surface area contributed by atoms with Crippen LogP contribution in [-0.4, -0.2) is 41.8 Å². The molecule has 0 aromatic heterocycles. The highest BCUT2D eigenvalue weighted by molar-refractivity contribution is 5.95. The molecule has 0 radical (unpaired) electrons. The number of nitrogens with one attached hydrogen (secondary N) is 1. The lowest BCUT2D eigenvalue weighted by Gasteiger charge is -2.32. The van der Waals surface area contributed by atoms with Crippen LogP contribution >= 0.6 is 0 Å². The fraction of sp³-hybridized carbons (Fsp3) is 0.389. The van der Waals surface area contributed by atoms with Gasteiger partial charge in [0, 0.05) is 37.2 Å². The van der Waals surface area contributed by atoms with Gasteiger partial charge in [0.25, 0.3) is 5.91 Å². The molecular formula is C18H22N2O4. The Balaban J connectivity index is 1.94. The second kappa shape index (κ2) is 7.77. The molecule has 0 aliphatic carbocycles. The van der Waals surface area contributed by atoms with Gasteiger partial charge in [-0.25, -0.2) is 0 Å². The van der Waals surface area contributed by atoms with Crippen molar-refractivity contribution in [3.8, 4) is 5.75 Å². The van der Waals surface area contributed by atoms with Gasteiger partial charge in [-0.05, 0) is 38.0 Å². The second-order valence-corrected chi connectivity index (χ2v) is 5.94. The first-order valence-electron chi connectivity index (χ1n) is 7.91. The summed E-state index contributed by atoms with van der Waals surface area (Å²) in [5.41, 5.74) is 0.967. The normalized spacial score (nSPS) is 14.8. The zero-order valence-electron chi connectivity index (χ0n) is 14.0. The lowest BCUT2D eigenvalue weighted by molar-refractivity contribution is -0.131. The van der Waals surface area contributed by atoms with E-state index in [0.717, 1.165) is 0 Å². The second-order valence-electron chi connectivity index (χ2n) is 5.94. The van der Waals surface area contributed by atoms with Crippen LogP contribution < -0.4 is 10.1 Å². The maximum absolute atomic E-state index is 12.6. The number of amides is 2. The van der Waals surface area contributed by atoms with E-state index in [4.69, 9.17) is 4.74 Å². The molecule has 1 fully saturated rings. The molecule has 0 saturated carbocycles. The number of nitrogens with zero attached hydrogens (tertiary/aromatic N) is 1. The van der Waals surface area contributed by atoms with Crippen molar-refractivity contribution in [1.29, 1.82) is 0 Å². The quantitative estimate of drug-likeness (QED) is 0.520. The fourth-order valence-electron chi connectivity index (χ4n) is 2.58. The van der Waals surface area contributed by atoms with Crippen LogP contribution in [0.4, 0.5) is 0 Å². The smallest absolute Gasteiger partial charge is 0.308 e. The first kappa shape index (κ1) is 17.7. The number of rotatable bonds is 4. The summed E-state index contributed by atoms with van der Waals surface area (Å²) in [5.74, 6) is -0.312. The summed E-state index contributed by atoms with van der Waals surface area (Å²) < 4.78 is 5.01. The number of ether oxygens (including phenoxy) is 1. The third-order valence-electron chi connectivity index (χ3n) is 3.85. The number of carbonyl (C=O) groups excluding carboxylic acids is 3. The lowest BCUT2D eigenvalue weighted by atomic mass is 10.0. The van der Waals surface area contributed by atoms with Crippen molar-refractivity contribution in [2.75, 3.05) is 13.1 Å². The third-order valence-corrected chi connectivity index (χ3v) is 3.85. The Morgan fingerprint density at radius 2 is 1.88 bits per heavy atom. The summed E-state index contributed by atoms with van der Waals surface area (Å²) in [6, 6.07) is 6.65. The molecule has 1 heterocycles. The van der Waals surface area contributed by atoms with Crippen molar-refractivity contribution in [2.24, 2.45) is 0 Å². The standard InChI is InChI=1S/C18H22N2O4/c1-12(2)17(22)19-15-7-9-20(10-8-15)18(23)14-5-4-6-16(11-14)24-13(3)21/h4-6,11,15H,1,7-10H2,2-3H3,(H,19,22). The molecule has 0 spiro atoms. The van der Waals surface area contributed by atoms with Crippen LogP contribution in [0.5, 0.6) is 5.75 Å². The van der Waals surface area contributed by atoms with E-state index < -0.39 is 5.97 Å². The molecule has 0 atom stereocenters. The number of hydrogen-bond acceptors (Lipinski definition) is 4. The summed E-state index contributed by atoms with van der Waals surface area (Å²) in [6.45, 7) is 7.74. The van der Waals surface area contributed by atoms with Crippen molar-refractivity contribution < 1.29 is 19.1 Å². The number of piperidine rings is 1. The van der Waals surface area contributed by atoms with Crippen molar-refractivity contribution >= 4 is 17.8 Å². The molecular weight excluding hydrogens is 308 g/mol. The van der Waals surface area contributed by atoms with Crippen LogP contribution in [-0.2, 0) is 9.59 Å².